The van der Waals surface area contributed by atoms with Crippen LogP contribution in [0.5, 0.6) is 0 Å². The van der Waals surface area contributed by atoms with Crippen molar-refractivity contribution in [2.75, 3.05) is 31.6 Å². The highest BCUT2D eigenvalue weighted by Crippen LogP contribution is 2.27. The zero-order chi connectivity index (χ0) is 14.9. The monoisotopic (exact) mass is 280 g/mol. The lowest BCUT2D eigenvalue weighted by Gasteiger charge is -2.38. The minimum Gasteiger partial charge on any atom is -0.477 e. The van der Waals surface area contributed by atoms with Crippen LogP contribution in [0, 0.1) is 10.1 Å². The predicted octanol–water partition coefficient (Wildman–Crippen LogP) is 0.828. The molecule has 1 aliphatic heterocycles. The topological polar surface area (TPSA) is 99.8 Å². The first-order chi connectivity index (χ1) is 9.40. The number of nitro groups is 1. The van der Waals surface area contributed by atoms with Crippen LogP contribution >= 0.6 is 0 Å². The van der Waals surface area contributed by atoms with Crippen molar-refractivity contribution in [3.63, 3.8) is 0 Å². The van der Waals surface area contributed by atoms with Gasteiger partial charge in [-0.25, -0.2) is 9.78 Å². The van der Waals surface area contributed by atoms with Crippen molar-refractivity contribution < 1.29 is 14.8 Å². The summed E-state index contributed by atoms with van der Waals surface area (Å²) in [6, 6.07) is 2.58. The molecule has 0 radical (unpaired) electrons. The molecule has 0 spiro atoms. The number of likely N-dealkylation sites (N-methyl/N-ethyl adjacent to an activating group) is 1. The molecule has 1 unspecified atom stereocenters. The van der Waals surface area contributed by atoms with E-state index in [1.54, 1.807) is 4.90 Å². The van der Waals surface area contributed by atoms with Gasteiger partial charge in [0.25, 0.3) is 0 Å². The van der Waals surface area contributed by atoms with Gasteiger partial charge in [0.05, 0.1) is 4.92 Å². The molecule has 2 rings (SSSR count). The van der Waals surface area contributed by atoms with Crippen molar-refractivity contribution in [3.8, 4) is 0 Å². The summed E-state index contributed by atoms with van der Waals surface area (Å²) in [5, 5.41) is 20.0. The molecule has 1 fully saturated rings. The summed E-state index contributed by atoms with van der Waals surface area (Å²) in [6.07, 6.45) is 0. The highest BCUT2D eigenvalue weighted by Gasteiger charge is 2.28. The molecule has 1 saturated heterocycles. The van der Waals surface area contributed by atoms with Gasteiger partial charge in [0, 0.05) is 31.7 Å². The number of hydrogen-bond acceptors (Lipinski definition) is 6. The van der Waals surface area contributed by atoms with Gasteiger partial charge in [-0.1, -0.05) is 0 Å². The van der Waals surface area contributed by atoms with Crippen molar-refractivity contribution in [3.05, 3.63) is 27.9 Å². The molecule has 0 amide bonds. The average molecular weight is 280 g/mol. The fourth-order valence-corrected chi connectivity index (χ4v) is 2.18. The van der Waals surface area contributed by atoms with Crippen LogP contribution in [0.15, 0.2) is 12.1 Å². The summed E-state index contributed by atoms with van der Waals surface area (Å²) in [4.78, 5) is 29.4. The van der Waals surface area contributed by atoms with E-state index in [0.29, 0.717) is 13.1 Å². The Morgan fingerprint density at radius 2 is 2.20 bits per heavy atom. The molecule has 20 heavy (non-hydrogen) atoms. The number of carboxylic acid groups (broad SMARTS) is 1. The van der Waals surface area contributed by atoms with Gasteiger partial charge >= 0.3 is 11.7 Å². The second kappa shape index (κ2) is 5.41. The first-order valence-electron chi connectivity index (χ1n) is 6.24. The first kappa shape index (κ1) is 14.2. The lowest BCUT2D eigenvalue weighted by Crippen LogP contribution is -2.50. The van der Waals surface area contributed by atoms with Gasteiger partial charge in [0.2, 0.25) is 5.82 Å². The third-order valence-corrected chi connectivity index (χ3v) is 3.53. The van der Waals surface area contributed by atoms with E-state index in [4.69, 9.17) is 5.11 Å². The minimum atomic E-state index is -1.19. The molecular weight excluding hydrogens is 264 g/mol. The summed E-state index contributed by atoms with van der Waals surface area (Å²) >= 11 is 0. The number of aromatic carboxylic acids is 1. The number of aromatic nitrogens is 1. The maximum Gasteiger partial charge on any atom is 0.354 e. The van der Waals surface area contributed by atoms with Crippen molar-refractivity contribution in [2.24, 2.45) is 0 Å². The summed E-state index contributed by atoms with van der Waals surface area (Å²) in [5.74, 6) is -1.06. The number of nitrogens with zero attached hydrogens (tertiary/aromatic N) is 4. The SMILES string of the molecule is CC1CN(c2nc(C(=O)O)ccc2[N+](=O)[O-])CCN1C. The largest absolute Gasteiger partial charge is 0.477 e. The van der Waals surface area contributed by atoms with Gasteiger partial charge in [-0.15, -0.1) is 0 Å². The number of piperazine rings is 1. The van der Waals surface area contributed by atoms with Crippen LogP contribution in [0.1, 0.15) is 17.4 Å². The Bertz CT molecular complexity index is 548. The smallest absolute Gasteiger partial charge is 0.354 e. The molecule has 1 aliphatic rings. The summed E-state index contributed by atoms with van der Waals surface area (Å²) in [7, 11) is 1.98. The second-order valence-corrected chi connectivity index (χ2v) is 4.88. The van der Waals surface area contributed by atoms with Crippen molar-refractivity contribution >= 4 is 17.5 Å². The van der Waals surface area contributed by atoms with E-state index in [-0.39, 0.29) is 23.2 Å². The Labute approximate surface area is 115 Å². The van der Waals surface area contributed by atoms with Crippen LogP contribution in [-0.4, -0.2) is 58.6 Å². The van der Waals surface area contributed by atoms with Crippen molar-refractivity contribution in [1.82, 2.24) is 9.88 Å². The fourth-order valence-electron chi connectivity index (χ4n) is 2.18. The Kier molecular flexibility index (Phi) is 3.84. The molecule has 0 bridgehead atoms. The fraction of sp³-hybridized carbons (Fsp3) is 0.500. The van der Waals surface area contributed by atoms with E-state index < -0.39 is 10.9 Å². The van der Waals surface area contributed by atoms with Gasteiger partial charge in [-0.3, -0.25) is 10.1 Å². The zero-order valence-electron chi connectivity index (χ0n) is 11.3. The number of anilines is 1. The number of hydrogen-bond donors (Lipinski definition) is 1. The summed E-state index contributed by atoms with van der Waals surface area (Å²) in [6.45, 7) is 3.92. The molecular formula is C12H16N4O4. The maximum absolute atomic E-state index is 11.1. The van der Waals surface area contributed by atoms with Gasteiger partial charge in [-0.05, 0) is 20.0 Å². The van der Waals surface area contributed by atoms with E-state index >= 15 is 0 Å². The average Bonchev–Trinajstić information content (AvgIpc) is 2.41. The Balaban J connectivity index is 2.39. The van der Waals surface area contributed by atoms with Crippen LogP contribution in [0.25, 0.3) is 0 Å². The third-order valence-electron chi connectivity index (χ3n) is 3.53. The van der Waals surface area contributed by atoms with Crippen LogP contribution in [0.2, 0.25) is 0 Å². The standard InChI is InChI=1S/C12H16N4O4/c1-8-7-15(6-5-14(8)2)11-10(16(19)20)4-3-9(13-11)12(17)18/h3-4,8H,5-7H2,1-2H3,(H,17,18). The predicted molar refractivity (Wildman–Crippen MR) is 72.2 cm³/mol. The number of rotatable bonds is 3. The summed E-state index contributed by atoms with van der Waals surface area (Å²) in [5.41, 5.74) is -0.344. The molecule has 108 valence electrons. The van der Waals surface area contributed by atoms with Gasteiger partial charge < -0.3 is 14.9 Å². The van der Waals surface area contributed by atoms with Crippen LogP contribution < -0.4 is 4.90 Å². The lowest BCUT2D eigenvalue weighted by atomic mass is 10.2. The molecule has 2 heterocycles. The van der Waals surface area contributed by atoms with Crippen LogP contribution in [0.3, 0.4) is 0 Å². The Morgan fingerprint density at radius 3 is 2.75 bits per heavy atom. The van der Waals surface area contributed by atoms with E-state index in [1.165, 1.54) is 6.07 Å². The second-order valence-electron chi connectivity index (χ2n) is 4.88. The zero-order valence-corrected chi connectivity index (χ0v) is 11.3. The molecule has 8 nitrogen and oxygen atoms in total. The van der Waals surface area contributed by atoms with Crippen molar-refractivity contribution in [2.45, 2.75) is 13.0 Å². The van der Waals surface area contributed by atoms with Gasteiger partial charge in [0.1, 0.15) is 0 Å². The van der Waals surface area contributed by atoms with E-state index in [0.717, 1.165) is 12.6 Å². The highest BCUT2D eigenvalue weighted by molar-refractivity contribution is 5.86. The van der Waals surface area contributed by atoms with E-state index in [1.807, 2.05) is 14.0 Å². The van der Waals surface area contributed by atoms with Gasteiger partial charge in [-0.2, -0.15) is 0 Å². The normalized spacial score (nSPS) is 19.9. The molecule has 8 heteroatoms. The van der Waals surface area contributed by atoms with Crippen molar-refractivity contribution in [1.29, 1.82) is 0 Å². The third kappa shape index (κ3) is 2.69. The molecule has 1 aromatic rings. The number of pyridine rings is 1. The molecule has 1 atom stereocenters. The van der Waals surface area contributed by atoms with Crippen LogP contribution in [0.4, 0.5) is 11.5 Å². The molecule has 0 aromatic carbocycles. The Hall–Kier alpha value is -2.22. The Morgan fingerprint density at radius 1 is 1.50 bits per heavy atom. The molecule has 0 aliphatic carbocycles. The highest BCUT2D eigenvalue weighted by atomic mass is 16.6. The maximum atomic E-state index is 11.1. The first-order valence-corrected chi connectivity index (χ1v) is 6.24. The number of carboxylic acids is 1. The summed E-state index contributed by atoms with van der Waals surface area (Å²) < 4.78 is 0. The molecule has 1 N–H and O–H groups in total. The van der Waals surface area contributed by atoms with E-state index in [2.05, 4.69) is 9.88 Å². The van der Waals surface area contributed by atoms with Gasteiger partial charge in [0.15, 0.2) is 5.69 Å². The lowest BCUT2D eigenvalue weighted by molar-refractivity contribution is -0.384. The number of carbonyl (C=O) groups is 1. The molecule has 1 aromatic heterocycles. The molecule has 0 saturated carbocycles. The minimum absolute atomic E-state index is 0.134. The van der Waals surface area contributed by atoms with Crippen LogP contribution in [-0.2, 0) is 0 Å². The quantitative estimate of drug-likeness (QED) is 0.646. The van der Waals surface area contributed by atoms with E-state index in [9.17, 15) is 14.9 Å².